The summed E-state index contributed by atoms with van der Waals surface area (Å²) in [6.45, 7) is 5.98. The van der Waals surface area contributed by atoms with E-state index in [-0.39, 0.29) is 5.91 Å². The van der Waals surface area contributed by atoms with E-state index in [2.05, 4.69) is 22.1 Å². The van der Waals surface area contributed by atoms with Gasteiger partial charge in [0.05, 0.1) is 6.54 Å². The number of amides is 1. The van der Waals surface area contributed by atoms with Gasteiger partial charge in [-0.3, -0.25) is 9.69 Å². The summed E-state index contributed by atoms with van der Waals surface area (Å²) >= 11 is 0. The minimum atomic E-state index is -0.00297. The minimum Gasteiger partial charge on any atom is -0.456 e. The summed E-state index contributed by atoms with van der Waals surface area (Å²) in [5, 5.41) is 3.96. The molecule has 2 aromatic heterocycles. The van der Waals surface area contributed by atoms with Crippen LogP contribution in [-0.4, -0.2) is 52.0 Å². The van der Waals surface area contributed by atoms with Crippen molar-refractivity contribution < 1.29 is 13.7 Å². The van der Waals surface area contributed by atoms with E-state index in [4.69, 9.17) is 8.94 Å². The van der Waals surface area contributed by atoms with Crippen molar-refractivity contribution >= 4 is 5.91 Å². The molecule has 0 spiro atoms. The summed E-state index contributed by atoms with van der Waals surface area (Å²) < 4.78 is 10.7. The molecule has 0 N–H and O–H groups in total. The van der Waals surface area contributed by atoms with Crippen LogP contribution in [0.4, 0.5) is 0 Å². The second-order valence-electron chi connectivity index (χ2n) is 6.64. The Morgan fingerprint density at radius 1 is 1.36 bits per heavy atom. The Bertz CT molecular complexity index is 709. The fourth-order valence-electron chi connectivity index (χ4n) is 3.32. The molecule has 1 aliphatic rings. The van der Waals surface area contributed by atoms with Gasteiger partial charge in [-0.15, -0.1) is 0 Å². The van der Waals surface area contributed by atoms with E-state index >= 15 is 0 Å². The van der Waals surface area contributed by atoms with Crippen molar-refractivity contribution in [2.24, 2.45) is 0 Å². The fraction of sp³-hybridized carbons (Fsp3) is 0.611. The van der Waals surface area contributed by atoms with Gasteiger partial charge in [-0.2, -0.15) is 4.98 Å². The lowest BCUT2D eigenvalue weighted by Gasteiger charge is -2.25. The topological polar surface area (TPSA) is 75.6 Å². The van der Waals surface area contributed by atoms with E-state index in [1.807, 2.05) is 17.9 Å². The summed E-state index contributed by atoms with van der Waals surface area (Å²) in [6.07, 6.45) is 3.76. The predicted octanol–water partition coefficient (Wildman–Crippen LogP) is 2.66. The van der Waals surface area contributed by atoms with Crippen LogP contribution in [0.3, 0.4) is 0 Å². The molecule has 3 rings (SSSR count). The minimum absolute atomic E-state index is 0.00297. The first kappa shape index (κ1) is 17.7. The van der Waals surface area contributed by atoms with Crippen LogP contribution >= 0.6 is 0 Å². The lowest BCUT2D eigenvalue weighted by Crippen LogP contribution is -2.35. The second-order valence-corrected chi connectivity index (χ2v) is 6.64. The maximum atomic E-state index is 12.6. The van der Waals surface area contributed by atoms with Gasteiger partial charge >= 0.3 is 0 Å². The number of carbonyl (C=O) groups excluding carboxylic acids is 1. The Hall–Kier alpha value is -2.15. The largest absolute Gasteiger partial charge is 0.456 e. The third-order valence-electron chi connectivity index (χ3n) is 4.79. The molecule has 0 aliphatic carbocycles. The molecule has 0 aromatic carbocycles. The summed E-state index contributed by atoms with van der Waals surface area (Å²) in [7, 11) is 2.08. The first-order chi connectivity index (χ1) is 12.1. The highest BCUT2D eigenvalue weighted by Crippen LogP contribution is 2.20. The van der Waals surface area contributed by atoms with E-state index in [1.165, 1.54) is 0 Å². The molecule has 1 unspecified atom stereocenters. The van der Waals surface area contributed by atoms with Crippen molar-refractivity contribution in [2.75, 3.05) is 20.1 Å². The van der Waals surface area contributed by atoms with Gasteiger partial charge in [0.25, 0.3) is 5.91 Å². The summed E-state index contributed by atoms with van der Waals surface area (Å²) in [5.74, 6) is 2.60. The van der Waals surface area contributed by atoms with Crippen molar-refractivity contribution in [3.8, 4) is 0 Å². The molecule has 3 heterocycles. The molecule has 1 fully saturated rings. The Morgan fingerprint density at radius 2 is 2.20 bits per heavy atom. The zero-order valence-corrected chi connectivity index (χ0v) is 15.2. The smallest absolute Gasteiger partial charge is 0.289 e. The maximum Gasteiger partial charge on any atom is 0.289 e. The normalized spacial score (nSPS) is 18.6. The van der Waals surface area contributed by atoms with Crippen LogP contribution in [0.15, 0.2) is 21.1 Å². The Morgan fingerprint density at radius 3 is 2.88 bits per heavy atom. The quantitative estimate of drug-likeness (QED) is 0.828. The number of hydrogen-bond donors (Lipinski definition) is 0. The van der Waals surface area contributed by atoms with Gasteiger partial charge in [0.15, 0.2) is 11.6 Å². The molecule has 1 atom stereocenters. The van der Waals surface area contributed by atoms with Gasteiger partial charge in [-0.25, -0.2) is 0 Å². The van der Waals surface area contributed by atoms with Crippen molar-refractivity contribution in [3.63, 3.8) is 0 Å². The summed E-state index contributed by atoms with van der Waals surface area (Å²) in [6, 6.07) is 4.07. The predicted molar refractivity (Wildman–Crippen MR) is 92.1 cm³/mol. The third-order valence-corrected chi connectivity index (χ3v) is 4.79. The number of aryl methyl sites for hydroxylation is 2. The standard InChI is InChI=1S/C18H26N4O3/c1-4-15-7-8-16(24-15)18(23)22-10-5-6-14(9-11-22)21(3)12-17-19-13(2)25-20-17/h7-8,14H,4-6,9-12H2,1-3H3. The molecule has 136 valence electrons. The average Bonchev–Trinajstić information content (AvgIpc) is 3.16. The molecule has 7 heteroatoms. The van der Waals surface area contributed by atoms with Gasteiger partial charge in [0, 0.05) is 32.5 Å². The van der Waals surface area contributed by atoms with Crippen LogP contribution < -0.4 is 0 Å². The molecule has 25 heavy (non-hydrogen) atoms. The molecule has 1 saturated heterocycles. The molecule has 0 bridgehead atoms. The zero-order valence-electron chi connectivity index (χ0n) is 15.2. The van der Waals surface area contributed by atoms with Crippen LogP contribution in [0.2, 0.25) is 0 Å². The molecule has 7 nitrogen and oxygen atoms in total. The lowest BCUT2D eigenvalue weighted by molar-refractivity contribution is 0.0723. The van der Waals surface area contributed by atoms with Gasteiger partial charge in [0.1, 0.15) is 5.76 Å². The van der Waals surface area contributed by atoms with E-state index in [0.29, 0.717) is 30.1 Å². The fourth-order valence-corrected chi connectivity index (χ4v) is 3.32. The van der Waals surface area contributed by atoms with Crippen molar-refractivity contribution in [1.82, 2.24) is 19.9 Å². The van der Waals surface area contributed by atoms with E-state index in [0.717, 1.165) is 44.5 Å². The third kappa shape index (κ3) is 4.28. The molecule has 1 aliphatic heterocycles. The van der Waals surface area contributed by atoms with E-state index in [9.17, 15) is 4.79 Å². The van der Waals surface area contributed by atoms with Crippen LogP contribution in [0, 0.1) is 6.92 Å². The number of aromatic nitrogens is 2. The molecule has 2 aromatic rings. The number of hydrogen-bond acceptors (Lipinski definition) is 6. The van der Waals surface area contributed by atoms with Crippen molar-refractivity contribution in [3.05, 3.63) is 35.4 Å². The summed E-state index contributed by atoms with van der Waals surface area (Å²) in [4.78, 5) is 21.1. The Kier molecular flexibility index (Phi) is 5.53. The first-order valence-electron chi connectivity index (χ1n) is 8.94. The van der Waals surface area contributed by atoms with E-state index in [1.54, 1.807) is 13.0 Å². The highest BCUT2D eigenvalue weighted by atomic mass is 16.5. The van der Waals surface area contributed by atoms with Crippen molar-refractivity contribution in [2.45, 2.75) is 52.1 Å². The van der Waals surface area contributed by atoms with Crippen LogP contribution in [0.1, 0.15) is 54.2 Å². The molecular formula is C18H26N4O3. The van der Waals surface area contributed by atoms with Crippen LogP contribution in [0.5, 0.6) is 0 Å². The van der Waals surface area contributed by atoms with Gasteiger partial charge in [-0.05, 0) is 38.4 Å². The second kappa shape index (κ2) is 7.82. The van der Waals surface area contributed by atoms with Crippen molar-refractivity contribution in [1.29, 1.82) is 0 Å². The highest BCUT2D eigenvalue weighted by Gasteiger charge is 2.25. The zero-order chi connectivity index (χ0) is 17.8. The average molecular weight is 346 g/mol. The van der Waals surface area contributed by atoms with Crippen LogP contribution in [0.25, 0.3) is 0 Å². The Labute approximate surface area is 148 Å². The SMILES string of the molecule is CCc1ccc(C(=O)N2CCCC(N(C)Cc3noc(C)n3)CC2)o1. The Balaban J connectivity index is 1.57. The number of nitrogens with zero attached hydrogens (tertiary/aromatic N) is 4. The molecule has 0 radical (unpaired) electrons. The molecular weight excluding hydrogens is 320 g/mol. The van der Waals surface area contributed by atoms with E-state index < -0.39 is 0 Å². The lowest BCUT2D eigenvalue weighted by atomic mass is 10.1. The van der Waals surface area contributed by atoms with Gasteiger partial charge in [0.2, 0.25) is 5.89 Å². The highest BCUT2D eigenvalue weighted by molar-refractivity contribution is 5.91. The van der Waals surface area contributed by atoms with Gasteiger partial charge < -0.3 is 13.8 Å². The number of likely N-dealkylation sites (tertiary alicyclic amines) is 1. The maximum absolute atomic E-state index is 12.6. The number of furan rings is 1. The van der Waals surface area contributed by atoms with Crippen LogP contribution in [-0.2, 0) is 13.0 Å². The molecule has 0 saturated carbocycles. The number of carbonyl (C=O) groups is 1. The summed E-state index contributed by atoms with van der Waals surface area (Å²) in [5.41, 5.74) is 0. The first-order valence-corrected chi connectivity index (χ1v) is 8.94. The van der Waals surface area contributed by atoms with Gasteiger partial charge in [-0.1, -0.05) is 12.1 Å². The number of rotatable bonds is 5. The monoisotopic (exact) mass is 346 g/mol. The molecule has 1 amide bonds.